The molecule has 1 fully saturated rings. The Kier molecular flexibility index (Phi) is 3.61. The second kappa shape index (κ2) is 5.00. The summed E-state index contributed by atoms with van der Waals surface area (Å²) in [7, 11) is 0. The number of β-amino-alcohol motifs (C(OH)–C–C–N with tert-alkyl or cyclic N) is 1. The normalized spacial score (nSPS) is 16.6. The number of anilines is 1. The highest BCUT2D eigenvalue weighted by Crippen LogP contribution is 2.19. The molecule has 1 aromatic carbocycles. The number of hydrogen-bond donors (Lipinski definition) is 2. The lowest BCUT2D eigenvalue weighted by molar-refractivity contribution is -0.119. The Morgan fingerprint density at radius 3 is 2.88 bits per heavy atom. The summed E-state index contributed by atoms with van der Waals surface area (Å²) >= 11 is 5.59. The first-order valence-electron chi connectivity index (χ1n) is 5.20. The third-order valence-corrected chi connectivity index (χ3v) is 2.80. The molecule has 0 unspecified atom stereocenters. The zero-order valence-corrected chi connectivity index (χ0v) is 9.75. The molecule has 0 atom stereocenters. The van der Waals surface area contributed by atoms with E-state index in [-0.39, 0.29) is 23.6 Å². The maximum atomic E-state index is 12.9. The summed E-state index contributed by atoms with van der Waals surface area (Å²) in [4.78, 5) is 13.4. The SMILES string of the molecule is O=C(CN1CC(O)C1)Nc1ccc(F)c(Cl)c1. The van der Waals surface area contributed by atoms with Gasteiger partial charge in [-0.3, -0.25) is 9.69 Å². The largest absolute Gasteiger partial charge is 0.390 e. The average molecular weight is 259 g/mol. The van der Waals surface area contributed by atoms with Gasteiger partial charge in [-0.25, -0.2) is 4.39 Å². The van der Waals surface area contributed by atoms with Crippen LogP contribution in [-0.4, -0.2) is 41.7 Å². The molecule has 2 rings (SSSR count). The summed E-state index contributed by atoms with van der Waals surface area (Å²) in [6.07, 6.45) is -0.330. The fraction of sp³-hybridized carbons (Fsp3) is 0.364. The van der Waals surface area contributed by atoms with E-state index in [2.05, 4.69) is 5.32 Å². The van der Waals surface area contributed by atoms with E-state index in [1.807, 2.05) is 4.90 Å². The van der Waals surface area contributed by atoms with Crippen molar-refractivity contribution in [3.8, 4) is 0 Å². The molecule has 1 saturated heterocycles. The predicted molar refractivity (Wildman–Crippen MR) is 62.5 cm³/mol. The Morgan fingerprint density at radius 2 is 2.29 bits per heavy atom. The summed E-state index contributed by atoms with van der Waals surface area (Å²) < 4.78 is 12.9. The number of amides is 1. The highest BCUT2D eigenvalue weighted by Gasteiger charge is 2.25. The van der Waals surface area contributed by atoms with Gasteiger partial charge in [0.25, 0.3) is 0 Å². The van der Waals surface area contributed by atoms with Crippen LogP contribution in [0.2, 0.25) is 5.02 Å². The Hall–Kier alpha value is -1.17. The van der Waals surface area contributed by atoms with Crippen LogP contribution in [0.25, 0.3) is 0 Å². The fourth-order valence-corrected chi connectivity index (χ4v) is 1.83. The zero-order chi connectivity index (χ0) is 12.4. The first-order valence-corrected chi connectivity index (χ1v) is 5.58. The monoisotopic (exact) mass is 258 g/mol. The summed E-state index contributed by atoms with van der Waals surface area (Å²) in [5.41, 5.74) is 0.461. The van der Waals surface area contributed by atoms with Crippen molar-refractivity contribution < 1.29 is 14.3 Å². The highest BCUT2D eigenvalue weighted by molar-refractivity contribution is 6.31. The molecule has 0 aliphatic carbocycles. The van der Waals surface area contributed by atoms with Gasteiger partial charge in [-0.2, -0.15) is 0 Å². The lowest BCUT2D eigenvalue weighted by atomic mass is 10.2. The van der Waals surface area contributed by atoms with Gasteiger partial charge < -0.3 is 10.4 Å². The van der Waals surface area contributed by atoms with E-state index in [0.717, 1.165) is 0 Å². The molecule has 1 aromatic rings. The van der Waals surface area contributed by atoms with E-state index in [0.29, 0.717) is 18.8 Å². The first kappa shape index (κ1) is 12.3. The summed E-state index contributed by atoms with van der Waals surface area (Å²) in [5, 5.41) is 11.6. The van der Waals surface area contributed by atoms with Gasteiger partial charge in [-0.15, -0.1) is 0 Å². The van der Waals surface area contributed by atoms with Crippen molar-refractivity contribution in [2.75, 3.05) is 25.0 Å². The van der Waals surface area contributed by atoms with E-state index >= 15 is 0 Å². The molecule has 6 heteroatoms. The number of aliphatic hydroxyl groups is 1. The number of benzene rings is 1. The number of carbonyl (C=O) groups is 1. The minimum atomic E-state index is -0.518. The van der Waals surface area contributed by atoms with E-state index < -0.39 is 5.82 Å². The van der Waals surface area contributed by atoms with Crippen molar-refractivity contribution in [2.45, 2.75) is 6.10 Å². The summed E-state index contributed by atoms with van der Waals surface area (Å²) in [6.45, 7) is 1.24. The number of carbonyl (C=O) groups excluding carboxylic acids is 1. The van der Waals surface area contributed by atoms with Crippen molar-refractivity contribution in [1.82, 2.24) is 4.90 Å². The standard InChI is InChI=1S/C11H12ClFN2O2/c12-9-3-7(1-2-10(9)13)14-11(17)6-15-4-8(16)5-15/h1-3,8,16H,4-6H2,(H,14,17). The van der Waals surface area contributed by atoms with Crippen molar-refractivity contribution in [1.29, 1.82) is 0 Å². The van der Waals surface area contributed by atoms with Crippen molar-refractivity contribution in [3.05, 3.63) is 29.0 Å². The van der Waals surface area contributed by atoms with Gasteiger partial charge in [0.2, 0.25) is 5.91 Å². The second-order valence-electron chi connectivity index (χ2n) is 4.02. The fourth-order valence-electron chi connectivity index (χ4n) is 1.65. The van der Waals surface area contributed by atoms with E-state index in [9.17, 15) is 9.18 Å². The quantitative estimate of drug-likeness (QED) is 0.854. The summed E-state index contributed by atoms with van der Waals surface area (Å²) in [5.74, 6) is -0.727. The Labute approximate surface area is 103 Å². The van der Waals surface area contributed by atoms with Crippen LogP contribution in [-0.2, 0) is 4.79 Å². The van der Waals surface area contributed by atoms with Crippen molar-refractivity contribution in [2.24, 2.45) is 0 Å². The molecule has 2 N–H and O–H groups in total. The number of aliphatic hydroxyl groups excluding tert-OH is 1. The lowest BCUT2D eigenvalue weighted by Gasteiger charge is -2.34. The van der Waals surface area contributed by atoms with Crippen molar-refractivity contribution in [3.63, 3.8) is 0 Å². The highest BCUT2D eigenvalue weighted by atomic mass is 35.5. The van der Waals surface area contributed by atoms with Gasteiger partial charge in [0.1, 0.15) is 5.82 Å². The summed E-state index contributed by atoms with van der Waals surface area (Å²) in [6, 6.07) is 4.01. The van der Waals surface area contributed by atoms with Gasteiger partial charge in [0.15, 0.2) is 0 Å². The molecular formula is C11H12ClFN2O2. The number of hydrogen-bond acceptors (Lipinski definition) is 3. The van der Waals surface area contributed by atoms with Gasteiger partial charge in [0.05, 0.1) is 17.7 Å². The van der Waals surface area contributed by atoms with Crippen LogP contribution in [0.15, 0.2) is 18.2 Å². The molecule has 0 spiro atoms. The van der Waals surface area contributed by atoms with E-state index in [1.54, 1.807) is 0 Å². The number of rotatable bonds is 3. The third-order valence-electron chi connectivity index (χ3n) is 2.51. The number of nitrogens with one attached hydrogen (secondary N) is 1. The number of halogens is 2. The smallest absolute Gasteiger partial charge is 0.238 e. The van der Waals surface area contributed by atoms with Gasteiger partial charge in [-0.1, -0.05) is 11.6 Å². The topological polar surface area (TPSA) is 52.6 Å². The minimum absolute atomic E-state index is 0.0258. The second-order valence-corrected chi connectivity index (χ2v) is 4.43. The third kappa shape index (κ3) is 3.15. The van der Waals surface area contributed by atoms with Crippen LogP contribution in [0.1, 0.15) is 0 Å². The van der Waals surface area contributed by atoms with Crippen LogP contribution in [0.4, 0.5) is 10.1 Å². The number of likely N-dealkylation sites (tertiary alicyclic amines) is 1. The average Bonchev–Trinajstić information content (AvgIpc) is 2.21. The minimum Gasteiger partial charge on any atom is -0.390 e. The Balaban J connectivity index is 1.87. The first-order chi connectivity index (χ1) is 8.04. The Bertz CT molecular complexity index is 435. The maximum absolute atomic E-state index is 12.9. The molecule has 17 heavy (non-hydrogen) atoms. The molecule has 0 aromatic heterocycles. The molecule has 92 valence electrons. The van der Waals surface area contributed by atoms with Gasteiger partial charge >= 0.3 is 0 Å². The number of nitrogens with zero attached hydrogens (tertiary/aromatic N) is 1. The predicted octanol–water partition coefficient (Wildman–Crippen LogP) is 1.09. The van der Waals surface area contributed by atoms with Gasteiger partial charge in [-0.05, 0) is 18.2 Å². The molecule has 1 aliphatic rings. The molecule has 0 bridgehead atoms. The molecule has 1 heterocycles. The molecule has 0 saturated carbocycles. The van der Waals surface area contributed by atoms with Crippen LogP contribution in [0.3, 0.4) is 0 Å². The van der Waals surface area contributed by atoms with Crippen LogP contribution in [0.5, 0.6) is 0 Å². The molecule has 4 nitrogen and oxygen atoms in total. The van der Waals surface area contributed by atoms with Gasteiger partial charge in [0, 0.05) is 18.8 Å². The maximum Gasteiger partial charge on any atom is 0.238 e. The van der Waals surface area contributed by atoms with E-state index in [4.69, 9.17) is 16.7 Å². The molecular weight excluding hydrogens is 247 g/mol. The Morgan fingerprint density at radius 1 is 1.59 bits per heavy atom. The molecule has 1 aliphatic heterocycles. The van der Waals surface area contributed by atoms with E-state index in [1.165, 1.54) is 18.2 Å². The molecule has 0 radical (unpaired) electrons. The lowest BCUT2D eigenvalue weighted by Crippen LogP contribution is -2.53. The van der Waals surface area contributed by atoms with Crippen molar-refractivity contribution >= 4 is 23.2 Å². The van der Waals surface area contributed by atoms with Crippen LogP contribution >= 0.6 is 11.6 Å². The molecule has 1 amide bonds. The van der Waals surface area contributed by atoms with Crippen LogP contribution < -0.4 is 5.32 Å². The van der Waals surface area contributed by atoms with Crippen LogP contribution in [0, 0.1) is 5.82 Å². The zero-order valence-electron chi connectivity index (χ0n) is 8.99.